The number of aryl methyl sites for hydroxylation is 1. The van der Waals surface area contributed by atoms with Crippen molar-refractivity contribution < 1.29 is 22.4 Å². The standard InChI is InChI=1S/C15H16N2O5S/c1-10-3-4-11(22-10)8-17(2)23(19,20)12-5-6-14-13(7-12)16-15(18)9-21-14/h3-7H,8-9H2,1-2H3,(H,16,18). The summed E-state index contributed by atoms with van der Waals surface area (Å²) in [6.45, 7) is 1.84. The molecule has 2 aromatic rings. The molecule has 1 aromatic heterocycles. The van der Waals surface area contributed by atoms with Crippen LogP contribution >= 0.6 is 0 Å². The summed E-state index contributed by atoms with van der Waals surface area (Å²) < 4.78 is 37.1. The van der Waals surface area contributed by atoms with E-state index in [9.17, 15) is 13.2 Å². The molecular weight excluding hydrogens is 320 g/mol. The molecule has 0 saturated carbocycles. The maximum atomic E-state index is 12.6. The van der Waals surface area contributed by atoms with E-state index in [2.05, 4.69) is 5.32 Å². The molecule has 23 heavy (non-hydrogen) atoms. The smallest absolute Gasteiger partial charge is 0.262 e. The number of ether oxygens (including phenoxy) is 1. The first-order valence-corrected chi connectivity index (χ1v) is 8.38. The molecule has 0 fully saturated rings. The van der Waals surface area contributed by atoms with Gasteiger partial charge in [0.05, 0.1) is 17.1 Å². The second-order valence-electron chi connectivity index (χ2n) is 5.27. The summed E-state index contributed by atoms with van der Waals surface area (Å²) in [6.07, 6.45) is 0. The molecule has 1 aromatic carbocycles. The van der Waals surface area contributed by atoms with Crippen molar-refractivity contribution >= 4 is 21.6 Å². The van der Waals surface area contributed by atoms with Crippen molar-refractivity contribution in [2.75, 3.05) is 19.0 Å². The Morgan fingerprint density at radius 1 is 1.26 bits per heavy atom. The average Bonchev–Trinajstić information content (AvgIpc) is 2.91. The molecule has 8 heteroatoms. The SMILES string of the molecule is Cc1ccc(CN(C)S(=O)(=O)c2ccc3c(c2)NC(=O)CO3)o1. The summed E-state index contributed by atoms with van der Waals surface area (Å²) in [5, 5.41) is 2.60. The molecule has 0 atom stereocenters. The van der Waals surface area contributed by atoms with E-state index in [1.54, 1.807) is 19.1 Å². The van der Waals surface area contributed by atoms with Crippen LogP contribution in [0.4, 0.5) is 5.69 Å². The highest BCUT2D eigenvalue weighted by Gasteiger charge is 2.25. The third-order valence-corrected chi connectivity index (χ3v) is 5.27. The number of carbonyl (C=O) groups is 1. The lowest BCUT2D eigenvalue weighted by Gasteiger charge is -2.20. The van der Waals surface area contributed by atoms with Crippen LogP contribution in [0.5, 0.6) is 5.75 Å². The van der Waals surface area contributed by atoms with Gasteiger partial charge in [0, 0.05) is 7.05 Å². The van der Waals surface area contributed by atoms with Gasteiger partial charge in [0.15, 0.2) is 6.61 Å². The van der Waals surface area contributed by atoms with Crippen LogP contribution in [-0.4, -0.2) is 32.3 Å². The summed E-state index contributed by atoms with van der Waals surface area (Å²) in [6, 6.07) is 7.90. The van der Waals surface area contributed by atoms with Gasteiger partial charge in [-0.2, -0.15) is 4.31 Å². The Kier molecular flexibility index (Phi) is 3.87. The fourth-order valence-electron chi connectivity index (χ4n) is 2.28. The number of nitrogens with zero attached hydrogens (tertiary/aromatic N) is 1. The third kappa shape index (κ3) is 3.08. The minimum atomic E-state index is -3.71. The normalized spacial score (nSPS) is 14.3. The number of anilines is 1. The monoisotopic (exact) mass is 336 g/mol. The van der Waals surface area contributed by atoms with Crippen molar-refractivity contribution in [3.05, 3.63) is 41.9 Å². The number of carbonyl (C=O) groups excluding carboxylic acids is 1. The number of sulfonamides is 1. The van der Waals surface area contributed by atoms with Crippen LogP contribution in [0.25, 0.3) is 0 Å². The van der Waals surface area contributed by atoms with Crippen molar-refractivity contribution in [2.24, 2.45) is 0 Å². The molecule has 0 radical (unpaired) electrons. The molecule has 122 valence electrons. The zero-order valence-corrected chi connectivity index (χ0v) is 13.5. The predicted molar refractivity (Wildman–Crippen MR) is 82.7 cm³/mol. The molecule has 0 unspecified atom stereocenters. The molecule has 1 aliphatic heterocycles. The quantitative estimate of drug-likeness (QED) is 0.919. The Balaban J connectivity index is 1.87. The highest BCUT2D eigenvalue weighted by molar-refractivity contribution is 7.89. The van der Waals surface area contributed by atoms with Gasteiger partial charge in [-0.1, -0.05) is 0 Å². The molecule has 0 spiro atoms. The maximum absolute atomic E-state index is 12.6. The van der Waals surface area contributed by atoms with E-state index in [1.165, 1.54) is 29.6 Å². The van der Waals surface area contributed by atoms with Crippen LogP contribution < -0.4 is 10.1 Å². The van der Waals surface area contributed by atoms with Crippen LogP contribution in [-0.2, 0) is 21.4 Å². The number of rotatable bonds is 4. The predicted octanol–water partition coefficient (Wildman–Crippen LogP) is 1.74. The topological polar surface area (TPSA) is 88.9 Å². The van der Waals surface area contributed by atoms with Crippen molar-refractivity contribution in [2.45, 2.75) is 18.4 Å². The molecule has 0 bridgehead atoms. The summed E-state index contributed by atoms with van der Waals surface area (Å²) in [4.78, 5) is 11.4. The molecule has 1 N–H and O–H groups in total. The van der Waals surface area contributed by atoms with Crippen molar-refractivity contribution in [1.29, 1.82) is 0 Å². The largest absolute Gasteiger partial charge is 0.482 e. The number of hydrogen-bond acceptors (Lipinski definition) is 5. The molecular formula is C15H16N2O5S. The summed E-state index contributed by atoms with van der Waals surface area (Å²) in [5.74, 6) is 1.42. The molecule has 0 saturated heterocycles. The fourth-order valence-corrected chi connectivity index (χ4v) is 3.44. The van der Waals surface area contributed by atoms with E-state index in [-0.39, 0.29) is 24.0 Å². The highest BCUT2D eigenvalue weighted by Crippen LogP contribution is 2.31. The van der Waals surface area contributed by atoms with Gasteiger partial charge in [-0.15, -0.1) is 0 Å². The van der Waals surface area contributed by atoms with Gasteiger partial charge in [0.2, 0.25) is 10.0 Å². The lowest BCUT2D eigenvalue weighted by molar-refractivity contribution is -0.118. The van der Waals surface area contributed by atoms with Crippen molar-refractivity contribution in [1.82, 2.24) is 4.31 Å². The third-order valence-electron chi connectivity index (χ3n) is 3.47. The minimum Gasteiger partial charge on any atom is -0.482 e. The summed E-state index contributed by atoms with van der Waals surface area (Å²) in [5.41, 5.74) is 0.351. The average molecular weight is 336 g/mol. The first kappa shape index (κ1) is 15.6. The van der Waals surface area contributed by atoms with Gasteiger partial charge >= 0.3 is 0 Å². The Labute approximate surface area is 133 Å². The number of furan rings is 1. The Morgan fingerprint density at radius 2 is 2.04 bits per heavy atom. The number of fused-ring (bicyclic) bond motifs is 1. The van der Waals surface area contributed by atoms with Crippen molar-refractivity contribution in [3.63, 3.8) is 0 Å². The van der Waals surface area contributed by atoms with Gasteiger partial charge in [0.1, 0.15) is 17.3 Å². The maximum Gasteiger partial charge on any atom is 0.262 e. The molecule has 3 rings (SSSR count). The molecule has 2 heterocycles. The molecule has 1 amide bonds. The highest BCUT2D eigenvalue weighted by atomic mass is 32.2. The second kappa shape index (κ2) is 5.71. The first-order chi connectivity index (χ1) is 10.9. The van der Waals surface area contributed by atoms with Gasteiger partial charge in [-0.05, 0) is 37.3 Å². The first-order valence-electron chi connectivity index (χ1n) is 6.94. The summed E-state index contributed by atoms with van der Waals surface area (Å²) >= 11 is 0. The number of benzene rings is 1. The van der Waals surface area contributed by atoms with Gasteiger partial charge in [-0.3, -0.25) is 4.79 Å². The number of amides is 1. The zero-order chi connectivity index (χ0) is 16.6. The van der Waals surface area contributed by atoms with E-state index in [0.717, 1.165) is 5.76 Å². The van der Waals surface area contributed by atoms with Crippen LogP contribution in [0.2, 0.25) is 0 Å². The van der Waals surface area contributed by atoms with E-state index in [1.807, 2.05) is 0 Å². The second-order valence-corrected chi connectivity index (χ2v) is 7.31. The van der Waals surface area contributed by atoms with E-state index >= 15 is 0 Å². The Morgan fingerprint density at radius 3 is 2.74 bits per heavy atom. The van der Waals surface area contributed by atoms with Gasteiger partial charge < -0.3 is 14.5 Å². The Bertz CT molecular complexity index is 857. The number of nitrogens with one attached hydrogen (secondary N) is 1. The van der Waals surface area contributed by atoms with E-state index in [0.29, 0.717) is 17.2 Å². The zero-order valence-electron chi connectivity index (χ0n) is 12.7. The van der Waals surface area contributed by atoms with E-state index in [4.69, 9.17) is 9.15 Å². The summed E-state index contributed by atoms with van der Waals surface area (Å²) in [7, 11) is -2.24. The van der Waals surface area contributed by atoms with Crippen LogP contribution in [0.15, 0.2) is 39.6 Å². The van der Waals surface area contributed by atoms with Crippen LogP contribution in [0.1, 0.15) is 11.5 Å². The van der Waals surface area contributed by atoms with Crippen molar-refractivity contribution in [3.8, 4) is 5.75 Å². The molecule has 0 aliphatic carbocycles. The van der Waals surface area contributed by atoms with Crippen LogP contribution in [0.3, 0.4) is 0 Å². The lowest BCUT2D eigenvalue weighted by atomic mass is 10.2. The van der Waals surface area contributed by atoms with Gasteiger partial charge in [0.25, 0.3) is 5.91 Å². The number of hydrogen-bond donors (Lipinski definition) is 1. The molecule has 1 aliphatic rings. The van der Waals surface area contributed by atoms with Crippen LogP contribution in [0, 0.1) is 6.92 Å². The van der Waals surface area contributed by atoms with E-state index < -0.39 is 10.0 Å². The fraction of sp³-hybridized carbons (Fsp3) is 0.267. The van der Waals surface area contributed by atoms with Gasteiger partial charge in [-0.25, -0.2) is 8.42 Å². The molecule has 7 nitrogen and oxygen atoms in total. The lowest BCUT2D eigenvalue weighted by Crippen LogP contribution is -2.28. The Hall–Kier alpha value is -2.32. The minimum absolute atomic E-state index is 0.0726.